The van der Waals surface area contributed by atoms with Gasteiger partial charge >= 0.3 is 0 Å². The molecule has 4 heteroatoms. The Morgan fingerprint density at radius 1 is 1.30 bits per heavy atom. The highest BCUT2D eigenvalue weighted by Gasteiger charge is 2.17. The first-order valence-corrected chi connectivity index (χ1v) is 7.17. The number of hydrogen-bond acceptors (Lipinski definition) is 3. The highest BCUT2D eigenvalue weighted by Crippen LogP contribution is 2.18. The van der Waals surface area contributed by atoms with Gasteiger partial charge in [0.25, 0.3) is 0 Å². The Hall–Kier alpha value is -1.65. The van der Waals surface area contributed by atoms with Gasteiger partial charge in [0, 0.05) is 30.5 Å². The minimum absolute atomic E-state index is 0.480. The predicted octanol–water partition coefficient (Wildman–Crippen LogP) is 2.37. The first-order chi connectivity index (χ1) is 9.75. The summed E-state index contributed by atoms with van der Waals surface area (Å²) < 4.78 is 7.42. The van der Waals surface area contributed by atoms with Crippen LogP contribution in [0.2, 0.25) is 0 Å². The summed E-state index contributed by atoms with van der Waals surface area (Å²) in [6, 6.07) is 10.8. The smallest absolute Gasteiger partial charge is 0.0648 e. The van der Waals surface area contributed by atoms with Gasteiger partial charge in [-0.3, -0.25) is 0 Å². The predicted molar refractivity (Wildman–Crippen MR) is 79.1 cm³/mol. The van der Waals surface area contributed by atoms with E-state index in [1.807, 2.05) is 22.9 Å². The van der Waals surface area contributed by atoms with Gasteiger partial charge in [-0.05, 0) is 32.4 Å². The van der Waals surface area contributed by atoms with Gasteiger partial charge in [-0.2, -0.15) is 5.10 Å². The Morgan fingerprint density at radius 2 is 2.10 bits per heavy atom. The van der Waals surface area contributed by atoms with E-state index in [-0.39, 0.29) is 0 Å². The molecule has 0 aliphatic carbocycles. The van der Waals surface area contributed by atoms with Crippen LogP contribution in [-0.4, -0.2) is 29.0 Å². The Labute approximate surface area is 119 Å². The zero-order valence-electron chi connectivity index (χ0n) is 12.1. The van der Waals surface area contributed by atoms with Gasteiger partial charge in [0.05, 0.1) is 18.0 Å². The third-order valence-electron chi connectivity index (χ3n) is 3.94. The first-order valence-electron chi connectivity index (χ1n) is 7.17. The van der Waals surface area contributed by atoms with Crippen LogP contribution in [0.5, 0.6) is 0 Å². The van der Waals surface area contributed by atoms with Crippen molar-refractivity contribution in [2.75, 3.05) is 13.2 Å². The Morgan fingerprint density at radius 3 is 2.80 bits per heavy atom. The van der Waals surface area contributed by atoms with E-state index in [2.05, 4.69) is 36.4 Å². The Bertz CT molecular complexity index is 571. The molecule has 0 saturated carbocycles. The summed E-state index contributed by atoms with van der Waals surface area (Å²) in [7, 11) is 0. The maximum absolute atomic E-state index is 5.40. The molecule has 0 spiro atoms. The fourth-order valence-electron chi connectivity index (χ4n) is 2.69. The lowest BCUT2D eigenvalue weighted by molar-refractivity contribution is 0.190. The number of aromatic nitrogens is 2. The van der Waals surface area contributed by atoms with E-state index in [4.69, 9.17) is 4.74 Å². The zero-order valence-corrected chi connectivity index (χ0v) is 12.1. The lowest BCUT2D eigenvalue weighted by Crippen LogP contribution is -2.28. The number of nitrogens with zero attached hydrogens (tertiary/aromatic N) is 2. The van der Waals surface area contributed by atoms with Crippen molar-refractivity contribution in [2.45, 2.75) is 32.9 Å². The number of rotatable bonds is 4. The molecule has 2 aromatic rings. The molecule has 2 heterocycles. The van der Waals surface area contributed by atoms with Crippen LogP contribution in [-0.2, 0) is 11.3 Å². The van der Waals surface area contributed by atoms with E-state index in [0.29, 0.717) is 6.04 Å². The van der Waals surface area contributed by atoms with E-state index in [9.17, 15) is 0 Å². The molecule has 1 N–H and O–H groups in total. The van der Waals surface area contributed by atoms with Crippen LogP contribution in [0.3, 0.4) is 0 Å². The van der Waals surface area contributed by atoms with Gasteiger partial charge in [0.15, 0.2) is 0 Å². The highest BCUT2D eigenvalue weighted by molar-refractivity contribution is 5.36. The molecular weight excluding hydrogens is 250 g/mol. The van der Waals surface area contributed by atoms with E-state index < -0.39 is 0 Å². The normalized spacial score (nSPS) is 18.6. The van der Waals surface area contributed by atoms with Crippen LogP contribution in [0.15, 0.2) is 30.3 Å². The number of para-hydroxylation sites is 1. The standard InChI is InChI=1S/C16H21N3O/c1-12-16(10-17-14-8-9-20-11-14)13(2)19(18-12)15-6-4-3-5-7-15/h3-7,14,17H,8-11H2,1-2H3. The molecule has 0 amide bonds. The van der Waals surface area contributed by atoms with Gasteiger partial charge in [-0.15, -0.1) is 0 Å². The molecule has 1 atom stereocenters. The Balaban J connectivity index is 1.79. The van der Waals surface area contributed by atoms with Gasteiger partial charge in [-0.25, -0.2) is 4.68 Å². The number of nitrogens with one attached hydrogen (secondary N) is 1. The summed E-state index contributed by atoms with van der Waals surface area (Å²) in [5, 5.41) is 8.24. The molecule has 0 radical (unpaired) electrons. The lowest BCUT2D eigenvalue weighted by Gasteiger charge is -2.11. The topological polar surface area (TPSA) is 39.1 Å². The second-order valence-corrected chi connectivity index (χ2v) is 5.34. The van der Waals surface area contributed by atoms with Crippen molar-refractivity contribution in [1.29, 1.82) is 0 Å². The van der Waals surface area contributed by atoms with Crippen molar-refractivity contribution in [1.82, 2.24) is 15.1 Å². The van der Waals surface area contributed by atoms with Crippen LogP contribution in [0.1, 0.15) is 23.4 Å². The first kappa shape index (κ1) is 13.3. The minimum Gasteiger partial charge on any atom is -0.380 e. The maximum Gasteiger partial charge on any atom is 0.0648 e. The molecule has 1 aromatic carbocycles. The average Bonchev–Trinajstić information content (AvgIpc) is 3.07. The second kappa shape index (κ2) is 5.77. The van der Waals surface area contributed by atoms with Crippen LogP contribution < -0.4 is 5.32 Å². The van der Waals surface area contributed by atoms with Gasteiger partial charge in [-0.1, -0.05) is 18.2 Å². The van der Waals surface area contributed by atoms with Crippen LogP contribution in [0, 0.1) is 13.8 Å². The summed E-state index contributed by atoms with van der Waals surface area (Å²) in [4.78, 5) is 0. The SMILES string of the molecule is Cc1nn(-c2ccccc2)c(C)c1CNC1CCOC1. The molecule has 4 nitrogen and oxygen atoms in total. The van der Waals surface area contributed by atoms with Crippen molar-refractivity contribution in [2.24, 2.45) is 0 Å². The number of ether oxygens (including phenoxy) is 1. The fraction of sp³-hybridized carbons (Fsp3) is 0.438. The molecule has 1 aromatic heterocycles. The molecule has 20 heavy (non-hydrogen) atoms. The van der Waals surface area contributed by atoms with Crippen molar-refractivity contribution in [3.05, 3.63) is 47.3 Å². The third-order valence-corrected chi connectivity index (χ3v) is 3.94. The summed E-state index contributed by atoms with van der Waals surface area (Å²) in [5.74, 6) is 0. The molecule has 1 aliphatic heterocycles. The highest BCUT2D eigenvalue weighted by atomic mass is 16.5. The number of benzene rings is 1. The third kappa shape index (κ3) is 2.62. The molecule has 1 saturated heterocycles. The molecule has 1 unspecified atom stereocenters. The van der Waals surface area contributed by atoms with Gasteiger partial charge < -0.3 is 10.1 Å². The Kier molecular flexibility index (Phi) is 3.85. The van der Waals surface area contributed by atoms with E-state index in [1.54, 1.807) is 0 Å². The summed E-state index contributed by atoms with van der Waals surface area (Å²) in [6.07, 6.45) is 1.10. The van der Waals surface area contributed by atoms with Crippen molar-refractivity contribution in [3.8, 4) is 5.69 Å². The summed E-state index contributed by atoms with van der Waals surface area (Å²) >= 11 is 0. The summed E-state index contributed by atoms with van der Waals surface area (Å²) in [5.41, 5.74) is 4.71. The fourth-order valence-corrected chi connectivity index (χ4v) is 2.69. The monoisotopic (exact) mass is 271 g/mol. The molecule has 106 valence electrons. The molecular formula is C16H21N3O. The second-order valence-electron chi connectivity index (χ2n) is 5.34. The maximum atomic E-state index is 5.40. The average molecular weight is 271 g/mol. The van der Waals surface area contributed by atoms with Crippen LogP contribution in [0.4, 0.5) is 0 Å². The van der Waals surface area contributed by atoms with E-state index in [0.717, 1.165) is 37.6 Å². The quantitative estimate of drug-likeness (QED) is 0.928. The largest absolute Gasteiger partial charge is 0.380 e. The van der Waals surface area contributed by atoms with E-state index in [1.165, 1.54) is 11.3 Å². The molecule has 1 aliphatic rings. The zero-order chi connectivity index (χ0) is 13.9. The van der Waals surface area contributed by atoms with Gasteiger partial charge in [0.1, 0.15) is 0 Å². The van der Waals surface area contributed by atoms with E-state index >= 15 is 0 Å². The molecule has 0 bridgehead atoms. The van der Waals surface area contributed by atoms with Gasteiger partial charge in [0.2, 0.25) is 0 Å². The number of aryl methyl sites for hydroxylation is 1. The van der Waals surface area contributed by atoms with Crippen molar-refractivity contribution >= 4 is 0 Å². The number of hydrogen-bond donors (Lipinski definition) is 1. The molecule has 1 fully saturated rings. The van der Waals surface area contributed by atoms with Crippen molar-refractivity contribution < 1.29 is 4.74 Å². The minimum atomic E-state index is 0.480. The van der Waals surface area contributed by atoms with Crippen LogP contribution >= 0.6 is 0 Å². The summed E-state index contributed by atoms with van der Waals surface area (Å²) in [6.45, 7) is 6.77. The van der Waals surface area contributed by atoms with Crippen molar-refractivity contribution in [3.63, 3.8) is 0 Å². The lowest BCUT2D eigenvalue weighted by atomic mass is 10.1. The molecule has 3 rings (SSSR count). The van der Waals surface area contributed by atoms with Crippen LogP contribution in [0.25, 0.3) is 5.69 Å².